The Labute approximate surface area is 632 Å². The number of fused-ring (bicyclic) bond motifs is 36. The fraction of sp³-hybridized carbons (Fsp3) is 0. The molecule has 0 heterocycles. The third-order valence-corrected chi connectivity index (χ3v) is 21.9. The molecular weight excluding hydrogens is 1300 g/mol. The van der Waals surface area contributed by atoms with Crippen molar-refractivity contribution in [1.29, 1.82) is 0 Å². The summed E-state index contributed by atoms with van der Waals surface area (Å²) in [4.78, 5) is 0. The van der Waals surface area contributed by atoms with Crippen molar-refractivity contribution in [3.05, 3.63) is 437 Å². The quantitative estimate of drug-likeness (QED) is 0.142. The van der Waals surface area contributed by atoms with E-state index in [0.717, 1.165) is 200 Å². The second kappa shape index (κ2) is 28.5. The molecule has 0 spiro atoms. The van der Waals surface area contributed by atoms with Crippen LogP contribution in [0.5, 0.6) is 0 Å². The fourth-order valence-corrected chi connectivity index (χ4v) is 17.2. The standard InChI is InChI=1S/C108H72/c1-2-38-74-73(37-1)75-39-3-4-41-77(75)79-43-7-8-45-81(79)83-47-11-12-49-85(83)87-51-15-16-53-89(87)91-55-19-20-57-93(91)95-59-23-24-61-97(95)99-63-27-28-65-101(99)103-67-31-32-69-105(103)107-71-35-36-72-108(107)106-70-34-33-68-104(106)102-66-30-29-64-100(102)98-62-26-25-60-96(98)94-58-22-21-56-92(94)90-54-18-17-52-88(90)86-50-14-13-48-84(86)82-46-10-9-44-80(82)78-42-6-5-40-76(74)78/h1-72H. The van der Waals surface area contributed by atoms with E-state index in [-0.39, 0.29) is 0 Å². The summed E-state index contributed by atoms with van der Waals surface area (Å²) in [5.74, 6) is 0. The maximum absolute atomic E-state index is 2.31. The van der Waals surface area contributed by atoms with Crippen molar-refractivity contribution in [2.24, 2.45) is 0 Å². The van der Waals surface area contributed by atoms with Crippen LogP contribution < -0.4 is 0 Å². The van der Waals surface area contributed by atoms with Gasteiger partial charge in [0.15, 0.2) is 0 Å². The van der Waals surface area contributed by atoms with Crippen molar-refractivity contribution in [2.75, 3.05) is 0 Å². The first kappa shape index (κ1) is 64.8. The Kier molecular flexibility index (Phi) is 17.1. The van der Waals surface area contributed by atoms with Gasteiger partial charge in [0.05, 0.1) is 0 Å². The van der Waals surface area contributed by atoms with Crippen molar-refractivity contribution in [2.45, 2.75) is 0 Å². The Morgan fingerprint density at radius 3 is 0.102 bits per heavy atom. The summed E-state index contributed by atoms with van der Waals surface area (Å²) >= 11 is 0. The van der Waals surface area contributed by atoms with Crippen LogP contribution in [-0.4, -0.2) is 0 Å². The topological polar surface area (TPSA) is 0 Å². The lowest BCUT2D eigenvalue weighted by atomic mass is 9.81. The summed E-state index contributed by atoms with van der Waals surface area (Å²) in [6, 6.07) is 162. The highest BCUT2D eigenvalue weighted by Crippen LogP contribution is 2.53. The van der Waals surface area contributed by atoms with Gasteiger partial charge in [-0.25, -0.2) is 0 Å². The predicted molar refractivity (Wildman–Crippen MR) is 458 cm³/mol. The Morgan fingerprint density at radius 2 is 0.0741 bits per heavy atom. The van der Waals surface area contributed by atoms with Crippen LogP contribution in [0, 0.1) is 0 Å². The summed E-state index contributed by atoms with van der Waals surface area (Å²) in [6.07, 6.45) is 0. The molecule has 0 aromatic heterocycles. The lowest BCUT2D eigenvalue weighted by Gasteiger charge is -2.22. The van der Waals surface area contributed by atoms with Gasteiger partial charge < -0.3 is 0 Å². The van der Waals surface area contributed by atoms with Crippen LogP contribution in [-0.2, 0) is 0 Å². The maximum atomic E-state index is 2.31. The summed E-state index contributed by atoms with van der Waals surface area (Å²) in [5, 5.41) is 0. The molecule has 0 amide bonds. The molecule has 0 aliphatic heterocycles. The average Bonchev–Trinajstić information content (AvgIpc) is 0.762. The minimum absolute atomic E-state index is 1.16. The molecule has 0 radical (unpaired) electrons. The Hall–Kier alpha value is -14.0. The molecule has 0 fully saturated rings. The molecule has 19 rings (SSSR count). The second-order valence-corrected chi connectivity index (χ2v) is 27.8. The molecule has 0 saturated carbocycles. The number of benzene rings is 18. The van der Waals surface area contributed by atoms with Crippen LogP contribution >= 0.6 is 0 Å². The normalized spacial score (nSPS) is 11.3. The van der Waals surface area contributed by atoms with E-state index in [1.165, 1.54) is 0 Å². The van der Waals surface area contributed by atoms with Gasteiger partial charge >= 0.3 is 0 Å². The number of hydrogen-bond donors (Lipinski definition) is 0. The van der Waals surface area contributed by atoms with Crippen LogP contribution in [0.4, 0.5) is 0 Å². The zero-order chi connectivity index (χ0) is 71.7. The largest absolute Gasteiger partial charge is 0.0616 e. The molecule has 1 aliphatic carbocycles. The Morgan fingerprint density at radius 1 is 0.0463 bits per heavy atom. The average molecular weight is 1370 g/mol. The van der Waals surface area contributed by atoms with Crippen LogP contribution in [0.3, 0.4) is 0 Å². The summed E-state index contributed by atoms with van der Waals surface area (Å²) in [7, 11) is 0. The molecule has 18 aromatic rings. The third-order valence-electron chi connectivity index (χ3n) is 21.9. The van der Waals surface area contributed by atoms with Crippen molar-refractivity contribution >= 4 is 0 Å². The molecule has 0 bridgehead atoms. The van der Waals surface area contributed by atoms with Gasteiger partial charge in [0, 0.05) is 0 Å². The van der Waals surface area contributed by atoms with Crippen molar-refractivity contribution in [3.8, 4) is 200 Å². The van der Waals surface area contributed by atoms with Gasteiger partial charge in [0.1, 0.15) is 0 Å². The molecule has 504 valence electrons. The monoisotopic (exact) mass is 1370 g/mol. The summed E-state index contributed by atoms with van der Waals surface area (Å²) in [6.45, 7) is 0. The van der Waals surface area contributed by atoms with E-state index in [9.17, 15) is 0 Å². The van der Waals surface area contributed by atoms with Crippen molar-refractivity contribution < 1.29 is 0 Å². The summed E-state index contributed by atoms with van der Waals surface area (Å²) < 4.78 is 0. The van der Waals surface area contributed by atoms with E-state index in [1.54, 1.807) is 0 Å². The van der Waals surface area contributed by atoms with Gasteiger partial charge in [0.25, 0.3) is 0 Å². The zero-order valence-corrected chi connectivity index (χ0v) is 59.6. The molecule has 1 aliphatic rings. The number of hydrogen-bond acceptors (Lipinski definition) is 0. The van der Waals surface area contributed by atoms with E-state index in [4.69, 9.17) is 0 Å². The molecule has 0 nitrogen and oxygen atoms in total. The van der Waals surface area contributed by atoms with E-state index in [0.29, 0.717) is 0 Å². The minimum atomic E-state index is 1.16. The van der Waals surface area contributed by atoms with Gasteiger partial charge in [-0.05, 0) is 200 Å². The van der Waals surface area contributed by atoms with Gasteiger partial charge in [0.2, 0.25) is 0 Å². The number of rotatable bonds is 0. The van der Waals surface area contributed by atoms with Gasteiger partial charge in [-0.2, -0.15) is 0 Å². The predicted octanol–water partition coefficient (Wildman–Crippen LogP) is 30.0. The lowest BCUT2D eigenvalue weighted by Crippen LogP contribution is -1.96. The molecule has 0 atom stereocenters. The Balaban J connectivity index is 0.847. The maximum Gasteiger partial charge on any atom is -0.00990 e. The van der Waals surface area contributed by atoms with E-state index < -0.39 is 0 Å². The zero-order valence-electron chi connectivity index (χ0n) is 59.6. The highest BCUT2D eigenvalue weighted by Gasteiger charge is 2.26. The van der Waals surface area contributed by atoms with Crippen LogP contribution in [0.15, 0.2) is 437 Å². The highest BCUT2D eigenvalue weighted by molar-refractivity contribution is 6.08. The SMILES string of the molecule is c1ccc2c(c1)-c1ccccc1-c1ccccc1-c1ccccc1-c1ccccc1-c1ccccc1-c1ccccc1-c1ccccc1-c1ccccc1-c1ccccc1-c1ccccc1-c1ccccc1-c1ccccc1-c1ccccc1-c1ccccc1-c1ccccc1-c1ccccc1-c1ccccc1-2. The molecule has 0 N–H and O–H groups in total. The van der Waals surface area contributed by atoms with Gasteiger partial charge in [-0.1, -0.05) is 437 Å². The first-order chi connectivity index (χ1) is 53.7. The van der Waals surface area contributed by atoms with Gasteiger partial charge in [-0.3, -0.25) is 0 Å². The van der Waals surface area contributed by atoms with E-state index >= 15 is 0 Å². The van der Waals surface area contributed by atoms with Crippen LogP contribution in [0.1, 0.15) is 0 Å². The molecular formula is C108H72. The molecule has 18 aromatic carbocycles. The van der Waals surface area contributed by atoms with Crippen LogP contribution in [0.25, 0.3) is 200 Å². The smallest absolute Gasteiger partial charge is 0.00990 e. The molecule has 0 unspecified atom stereocenters. The third kappa shape index (κ3) is 11.6. The minimum Gasteiger partial charge on any atom is -0.0616 e. The van der Waals surface area contributed by atoms with Gasteiger partial charge in [-0.15, -0.1) is 0 Å². The first-order valence-corrected chi connectivity index (χ1v) is 37.4. The van der Waals surface area contributed by atoms with E-state index in [2.05, 4.69) is 437 Å². The lowest BCUT2D eigenvalue weighted by molar-refractivity contribution is 1.52. The van der Waals surface area contributed by atoms with Crippen molar-refractivity contribution in [1.82, 2.24) is 0 Å². The van der Waals surface area contributed by atoms with Crippen LogP contribution in [0.2, 0.25) is 0 Å². The molecule has 0 heteroatoms. The first-order valence-electron chi connectivity index (χ1n) is 37.4. The molecule has 108 heavy (non-hydrogen) atoms. The van der Waals surface area contributed by atoms with Crippen molar-refractivity contribution in [3.63, 3.8) is 0 Å². The molecule has 0 saturated heterocycles. The highest BCUT2D eigenvalue weighted by atomic mass is 14.3. The summed E-state index contributed by atoms with van der Waals surface area (Å²) in [5.41, 5.74) is 41.7. The second-order valence-electron chi connectivity index (χ2n) is 27.8. The Bertz CT molecular complexity index is 4310. The fourth-order valence-electron chi connectivity index (χ4n) is 17.2. The van der Waals surface area contributed by atoms with E-state index in [1.807, 2.05) is 0 Å².